The van der Waals surface area contributed by atoms with E-state index in [1.54, 1.807) is 0 Å². The lowest BCUT2D eigenvalue weighted by Crippen LogP contribution is -2.58. The molecule has 24 heavy (non-hydrogen) atoms. The Labute approximate surface area is 136 Å². The van der Waals surface area contributed by atoms with E-state index in [-0.39, 0.29) is 0 Å². The quantitative estimate of drug-likeness (QED) is 0.222. The van der Waals surface area contributed by atoms with Gasteiger partial charge in [-0.3, -0.25) is 0 Å². The van der Waals surface area contributed by atoms with Crippen LogP contribution >= 0.6 is 0 Å². The molecule has 2 heterocycles. The van der Waals surface area contributed by atoms with Crippen molar-refractivity contribution in [3.8, 4) is 0 Å². The van der Waals surface area contributed by atoms with E-state index in [9.17, 15) is 0 Å². The van der Waals surface area contributed by atoms with Gasteiger partial charge in [0.25, 0.3) is 0 Å². The number of hydrogen-bond acceptors (Lipinski definition) is 12. The third kappa shape index (κ3) is 4.78. The van der Waals surface area contributed by atoms with E-state index < -0.39 is 74.6 Å². The second-order valence-corrected chi connectivity index (χ2v) is 5.44. The maximum Gasteiger partial charge on any atom is 0.184 e. The molecule has 2 fully saturated rings. The summed E-state index contributed by atoms with van der Waals surface area (Å²) < 4.78 is 9.15. The molecule has 0 aromatic heterocycles. The molecule has 10 N–H and O–H groups in total. The van der Waals surface area contributed by atoms with Gasteiger partial charge in [0.1, 0.15) is 48.8 Å². The SMILES string of the molecule is OCC1OC(O)C(O)C(O)C1O.OCC1OC(O)C(O)C(O)C1O. The van der Waals surface area contributed by atoms with Gasteiger partial charge in [0.15, 0.2) is 12.6 Å². The molecule has 10 unspecified atom stereocenters. The first kappa shape index (κ1) is 21.6. The van der Waals surface area contributed by atoms with Crippen LogP contribution in [-0.4, -0.2) is 126 Å². The third-order valence-corrected chi connectivity index (χ3v) is 3.73. The highest BCUT2D eigenvalue weighted by atomic mass is 16.6. The van der Waals surface area contributed by atoms with Crippen LogP contribution in [0.1, 0.15) is 0 Å². The van der Waals surface area contributed by atoms with Gasteiger partial charge in [-0.2, -0.15) is 0 Å². The normalized spacial score (nSPS) is 49.2. The van der Waals surface area contributed by atoms with Gasteiger partial charge in [-0.1, -0.05) is 0 Å². The molecule has 0 spiro atoms. The molecule has 0 amide bonds. The summed E-state index contributed by atoms with van der Waals surface area (Å²) in [5.74, 6) is 0. The molecule has 0 aromatic rings. The minimum absolute atomic E-state index is 0.526. The molecule has 12 heteroatoms. The highest BCUT2D eigenvalue weighted by Crippen LogP contribution is 2.19. The number of aliphatic hydroxyl groups excluding tert-OH is 10. The van der Waals surface area contributed by atoms with Crippen LogP contribution in [0.15, 0.2) is 0 Å². The second kappa shape index (κ2) is 9.28. The Bertz CT molecular complexity index is 326. The van der Waals surface area contributed by atoms with E-state index in [1.165, 1.54) is 0 Å². The minimum atomic E-state index is -1.57. The Morgan fingerprint density at radius 3 is 1.00 bits per heavy atom. The second-order valence-electron chi connectivity index (χ2n) is 5.44. The van der Waals surface area contributed by atoms with Crippen LogP contribution in [-0.2, 0) is 9.47 Å². The predicted octanol–water partition coefficient (Wildman–Crippen LogP) is -6.44. The van der Waals surface area contributed by atoms with Crippen LogP contribution in [0.5, 0.6) is 0 Å². The van der Waals surface area contributed by atoms with Crippen molar-refractivity contribution >= 4 is 0 Å². The first-order valence-corrected chi connectivity index (χ1v) is 7.12. The summed E-state index contributed by atoms with van der Waals surface area (Å²) >= 11 is 0. The highest BCUT2D eigenvalue weighted by Gasteiger charge is 2.43. The lowest BCUT2D eigenvalue weighted by atomic mass is 10.00. The standard InChI is InChI=1S/2C6H12O6/c2*7-1-2-3(8)4(9)5(10)6(11)12-2/h2*2-11H,1H2. The predicted molar refractivity (Wildman–Crippen MR) is 72.0 cm³/mol. The fourth-order valence-corrected chi connectivity index (χ4v) is 2.16. The number of hydrogen-bond donors (Lipinski definition) is 10. The number of aliphatic hydroxyl groups is 10. The first-order chi connectivity index (χ1) is 11.1. The molecule has 2 saturated heterocycles. The van der Waals surface area contributed by atoms with Crippen molar-refractivity contribution in [2.75, 3.05) is 13.2 Å². The summed E-state index contributed by atoms with van der Waals surface area (Å²) in [5.41, 5.74) is 0. The molecule has 0 radical (unpaired) electrons. The van der Waals surface area contributed by atoms with Crippen LogP contribution in [0, 0.1) is 0 Å². The van der Waals surface area contributed by atoms with Crippen molar-refractivity contribution in [3.63, 3.8) is 0 Å². The molecule has 0 aliphatic carbocycles. The maximum absolute atomic E-state index is 9.12. The highest BCUT2D eigenvalue weighted by molar-refractivity contribution is 4.88. The van der Waals surface area contributed by atoms with Crippen LogP contribution in [0.25, 0.3) is 0 Å². The summed E-state index contributed by atoms with van der Waals surface area (Å²) in [7, 11) is 0. The molecule has 2 aliphatic heterocycles. The van der Waals surface area contributed by atoms with E-state index in [0.717, 1.165) is 0 Å². The van der Waals surface area contributed by atoms with Gasteiger partial charge in [-0.25, -0.2) is 0 Å². The number of ether oxygens (including phenoxy) is 2. The van der Waals surface area contributed by atoms with Crippen LogP contribution in [0.3, 0.4) is 0 Å². The molecule has 0 bridgehead atoms. The monoisotopic (exact) mass is 360 g/mol. The van der Waals surface area contributed by atoms with Gasteiger partial charge in [-0.15, -0.1) is 0 Å². The van der Waals surface area contributed by atoms with Gasteiger partial charge in [0.2, 0.25) is 0 Å². The fraction of sp³-hybridized carbons (Fsp3) is 1.00. The van der Waals surface area contributed by atoms with E-state index in [4.69, 9.17) is 51.1 Å². The smallest absolute Gasteiger partial charge is 0.184 e. The Kier molecular flexibility index (Phi) is 8.34. The van der Waals surface area contributed by atoms with Gasteiger partial charge in [0.05, 0.1) is 13.2 Å². The van der Waals surface area contributed by atoms with Gasteiger partial charge < -0.3 is 60.5 Å². The molecule has 144 valence electrons. The largest absolute Gasteiger partial charge is 0.394 e. The van der Waals surface area contributed by atoms with Crippen molar-refractivity contribution in [1.82, 2.24) is 0 Å². The van der Waals surface area contributed by atoms with Crippen molar-refractivity contribution in [1.29, 1.82) is 0 Å². The average Bonchev–Trinajstić information content (AvgIpc) is 2.58. The molecular formula is C12H24O12. The van der Waals surface area contributed by atoms with Crippen LogP contribution < -0.4 is 0 Å². The molecule has 0 aromatic carbocycles. The van der Waals surface area contributed by atoms with E-state index in [2.05, 4.69) is 9.47 Å². The first-order valence-electron chi connectivity index (χ1n) is 7.12. The zero-order chi connectivity index (χ0) is 18.6. The molecule has 2 aliphatic rings. The Hall–Kier alpha value is -0.480. The summed E-state index contributed by atoms with van der Waals surface area (Å²) in [4.78, 5) is 0. The van der Waals surface area contributed by atoms with Gasteiger partial charge in [0, 0.05) is 0 Å². The Balaban J connectivity index is 0.000000240. The van der Waals surface area contributed by atoms with E-state index in [1.807, 2.05) is 0 Å². The minimum Gasteiger partial charge on any atom is -0.394 e. The van der Waals surface area contributed by atoms with Crippen LogP contribution in [0.4, 0.5) is 0 Å². The summed E-state index contributed by atoms with van der Waals surface area (Å²) in [6, 6.07) is 0. The molecule has 10 atom stereocenters. The third-order valence-electron chi connectivity index (χ3n) is 3.73. The average molecular weight is 360 g/mol. The van der Waals surface area contributed by atoms with Crippen molar-refractivity contribution in [2.24, 2.45) is 0 Å². The van der Waals surface area contributed by atoms with Crippen molar-refractivity contribution in [2.45, 2.75) is 61.4 Å². The summed E-state index contributed by atoms with van der Waals surface area (Å²) in [5, 5.41) is 89.3. The lowest BCUT2D eigenvalue weighted by molar-refractivity contribution is -0.286. The van der Waals surface area contributed by atoms with Gasteiger partial charge in [-0.05, 0) is 0 Å². The molecular weight excluding hydrogens is 336 g/mol. The maximum atomic E-state index is 9.12. The zero-order valence-electron chi connectivity index (χ0n) is 12.5. The molecule has 12 nitrogen and oxygen atoms in total. The topological polar surface area (TPSA) is 221 Å². The van der Waals surface area contributed by atoms with E-state index >= 15 is 0 Å². The van der Waals surface area contributed by atoms with E-state index in [0.29, 0.717) is 0 Å². The lowest BCUT2D eigenvalue weighted by Gasteiger charge is -2.37. The Morgan fingerprint density at radius 1 is 0.458 bits per heavy atom. The molecule has 2 rings (SSSR count). The van der Waals surface area contributed by atoms with Crippen molar-refractivity contribution < 1.29 is 60.5 Å². The van der Waals surface area contributed by atoms with Crippen LogP contribution in [0.2, 0.25) is 0 Å². The van der Waals surface area contributed by atoms with Crippen molar-refractivity contribution in [3.05, 3.63) is 0 Å². The molecule has 0 saturated carbocycles. The Morgan fingerprint density at radius 2 is 0.750 bits per heavy atom. The summed E-state index contributed by atoms with van der Waals surface area (Å²) in [6.07, 6.45) is -14.1. The van der Waals surface area contributed by atoms with Gasteiger partial charge >= 0.3 is 0 Å². The fourth-order valence-electron chi connectivity index (χ4n) is 2.16. The zero-order valence-corrected chi connectivity index (χ0v) is 12.5. The number of rotatable bonds is 2. The summed E-state index contributed by atoms with van der Waals surface area (Å²) in [6.45, 7) is -1.05.